The summed E-state index contributed by atoms with van der Waals surface area (Å²) in [7, 11) is 1.69. The topological polar surface area (TPSA) is 30.5 Å². The van der Waals surface area contributed by atoms with Crippen LogP contribution >= 0.6 is 0 Å². The SMILES string of the molecule is C=CCCCCCOc1cc(CNC2CC2)ccc1OC. The van der Waals surface area contributed by atoms with E-state index in [1.54, 1.807) is 7.11 Å². The number of ether oxygens (including phenoxy) is 2. The first kappa shape index (κ1) is 15.9. The smallest absolute Gasteiger partial charge is 0.161 e. The molecule has 0 radical (unpaired) electrons. The number of methoxy groups -OCH3 is 1. The molecule has 0 heterocycles. The lowest BCUT2D eigenvalue weighted by Gasteiger charge is -2.12. The van der Waals surface area contributed by atoms with Crippen LogP contribution in [0.2, 0.25) is 0 Å². The van der Waals surface area contributed by atoms with Crippen molar-refractivity contribution in [3.63, 3.8) is 0 Å². The monoisotopic (exact) mass is 289 g/mol. The maximum atomic E-state index is 5.89. The van der Waals surface area contributed by atoms with Crippen LogP contribution in [0.15, 0.2) is 30.9 Å². The molecule has 3 nitrogen and oxygen atoms in total. The van der Waals surface area contributed by atoms with E-state index in [0.717, 1.165) is 43.5 Å². The quantitative estimate of drug-likeness (QED) is 0.492. The average molecular weight is 289 g/mol. The summed E-state index contributed by atoms with van der Waals surface area (Å²) in [6.45, 7) is 5.39. The van der Waals surface area contributed by atoms with Crippen LogP contribution < -0.4 is 14.8 Å². The van der Waals surface area contributed by atoms with Crippen molar-refractivity contribution in [3.8, 4) is 11.5 Å². The van der Waals surface area contributed by atoms with E-state index in [1.165, 1.54) is 31.2 Å². The van der Waals surface area contributed by atoms with Crippen LogP contribution in [0, 0.1) is 0 Å². The number of allylic oxidation sites excluding steroid dienone is 1. The fourth-order valence-corrected chi connectivity index (χ4v) is 2.24. The molecule has 1 aliphatic carbocycles. The van der Waals surface area contributed by atoms with Crippen molar-refractivity contribution in [1.29, 1.82) is 0 Å². The van der Waals surface area contributed by atoms with Gasteiger partial charge in [0.2, 0.25) is 0 Å². The Morgan fingerprint density at radius 3 is 2.81 bits per heavy atom. The van der Waals surface area contributed by atoms with Gasteiger partial charge in [-0.05, 0) is 56.2 Å². The number of rotatable bonds is 11. The second-order valence-electron chi connectivity index (χ2n) is 5.63. The lowest BCUT2D eigenvalue weighted by Crippen LogP contribution is -2.15. The molecule has 3 heteroatoms. The van der Waals surface area contributed by atoms with E-state index in [1.807, 2.05) is 12.1 Å². The first-order chi connectivity index (χ1) is 10.3. The van der Waals surface area contributed by atoms with Crippen molar-refractivity contribution in [2.45, 2.75) is 51.1 Å². The molecular formula is C18H27NO2. The van der Waals surface area contributed by atoms with Crippen LogP contribution in [0.5, 0.6) is 11.5 Å². The molecule has 0 saturated heterocycles. The second-order valence-corrected chi connectivity index (χ2v) is 5.63. The fourth-order valence-electron chi connectivity index (χ4n) is 2.24. The van der Waals surface area contributed by atoms with Crippen molar-refractivity contribution in [3.05, 3.63) is 36.4 Å². The van der Waals surface area contributed by atoms with Crippen LogP contribution in [0.25, 0.3) is 0 Å². The molecule has 0 bridgehead atoms. The Balaban J connectivity index is 1.79. The Hall–Kier alpha value is -1.48. The molecule has 116 valence electrons. The van der Waals surface area contributed by atoms with Gasteiger partial charge < -0.3 is 14.8 Å². The maximum Gasteiger partial charge on any atom is 0.161 e. The molecule has 0 spiro atoms. The summed E-state index contributed by atoms with van der Waals surface area (Å²) in [5, 5.41) is 3.52. The van der Waals surface area contributed by atoms with E-state index < -0.39 is 0 Å². The molecular weight excluding hydrogens is 262 g/mol. The predicted octanol–water partition coefficient (Wildman–Crippen LogP) is 4.07. The van der Waals surface area contributed by atoms with Crippen molar-refractivity contribution in [2.24, 2.45) is 0 Å². The first-order valence-corrected chi connectivity index (χ1v) is 7.97. The van der Waals surface area contributed by atoms with Gasteiger partial charge in [-0.15, -0.1) is 6.58 Å². The molecule has 1 aromatic rings. The number of hydrogen-bond donors (Lipinski definition) is 1. The predicted molar refractivity (Wildman–Crippen MR) is 87.0 cm³/mol. The van der Waals surface area contributed by atoms with Crippen molar-refractivity contribution < 1.29 is 9.47 Å². The largest absolute Gasteiger partial charge is 0.493 e. The van der Waals surface area contributed by atoms with E-state index in [2.05, 4.69) is 24.0 Å². The molecule has 0 aromatic heterocycles. The third-order valence-corrected chi connectivity index (χ3v) is 3.71. The molecule has 0 atom stereocenters. The van der Waals surface area contributed by atoms with Gasteiger partial charge in [0.25, 0.3) is 0 Å². The van der Waals surface area contributed by atoms with Gasteiger partial charge in [0, 0.05) is 12.6 Å². The zero-order valence-corrected chi connectivity index (χ0v) is 13.1. The highest BCUT2D eigenvalue weighted by Crippen LogP contribution is 2.29. The Morgan fingerprint density at radius 2 is 2.10 bits per heavy atom. The van der Waals surface area contributed by atoms with E-state index in [4.69, 9.17) is 9.47 Å². The van der Waals surface area contributed by atoms with Gasteiger partial charge in [0.05, 0.1) is 13.7 Å². The van der Waals surface area contributed by atoms with Crippen LogP contribution in [-0.4, -0.2) is 19.8 Å². The number of unbranched alkanes of at least 4 members (excludes halogenated alkanes) is 3. The Kier molecular flexibility index (Phi) is 6.61. The summed E-state index contributed by atoms with van der Waals surface area (Å²) >= 11 is 0. The summed E-state index contributed by atoms with van der Waals surface area (Å²) < 4.78 is 11.3. The van der Waals surface area contributed by atoms with E-state index in [0.29, 0.717) is 0 Å². The highest BCUT2D eigenvalue weighted by atomic mass is 16.5. The molecule has 0 amide bonds. The van der Waals surface area contributed by atoms with Crippen LogP contribution in [0.3, 0.4) is 0 Å². The van der Waals surface area contributed by atoms with Crippen LogP contribution in [-0.2, 0) is 6.54 Å². The summed E-state index contributed by atoms with van der Waals surface area (Å²) in [6.07, 6.45) is 9.12. The first-order valence-electron chi connectivity index (χ1n) is 7.97. The number of benzene rings is 1. The standard InChI is InChI=1S/C18H27NO2/c1-3-4-5-6-7-12-21-18-13-15(8-11-17(18)20-2)14-19-16-9-10-16/h3,8,11,13,16,19H,1,4-7,9-10,12,14H2,2H3. The molecule has 2 rings (SSSR count). The Labute approximate surface area is 128 Å². The molecule has 0 aliphatic heterocycles. The molecule has 1 saturated carbocycles. The van der Waals surface area contributed by atoms with Crippen molar-refractivity contribution in [1.82, 2.24) is 5.32 Å². The minimum atomic E-state index is 0.723. The van der Waals surface area contributed by atoms with E-state index in [9.17, 15) is 0 Å². The van der Waals surface area contributed by atoms with Crippen LogP contribution in [0.1, 0.15) is 44.1 Å². The zero-order valence-electron chi connectivity index (χ0n) is 13.1. The normalized spacial score (nSPS) is 14.0. The maximum absolute atomic E-state index is 5.89. The molecule has 1 aliphatic rings. The summed E-state index contributed by atoms with van der Waals surface area (Å²) in [6, 6.07) is 6.92. The Bertz CT molecular complexity index is 441. The number of hydrogen-bond acceptors (Lipinski definition) is 3. The van der Waals surface area contributed by atoms with Gasteiger partial charge in [0.15, 0.2) is 11.5 Å². The third-order valence-electron chi connectivity index (χ3n) is 3.71. The van der Waals surface area contributed by atoms with Gasteiger partial charge >= 0.3 is 0 Å². The summed E-state index contributed by atoms with van der Waals surface area (Å²) in [5.41, 5.74) is 1.25. The van der Waals surface area contributed by atoms with Gasteiger partial charge in [-0.2, -0.15) is 0 Å². The third kappa shape index (κ3) is 5.80. The minimum Gasteiger partial charge on any atom is -0.493 e. The van der Waals surface area contributed by atoms with Crippen LogP contribution in [0.4, 0.5) is 0 Å². The fraction of sp³-hybridized carbons (Fsp3) is 0.556. The van der Waals surface area contributed by atoms with Gasteiger partial charge in [-0.1, -0.05) is 12.1 Å². The summed E-state index contributed by atoms with van der Waals surface area (Å²) in [4.78, 5) is 0. The summed E-state index contributed by atoms with van der Waals surface area (Å²) in [5.74, 6) is 1.67. The molecule has 1 aromatic carbocycles. The highest BCUT2D eigenvalue weighted by molar-refractivity contribution is 5.43. The lowest BCUT2D eigenvalue weighted by atomic mass is 10.2. The molecule has 21 heavy (non-hydrogen) atoms. The van der Waals surface area contributed by atoms with Gasteiger partial charge in [-0.25, -0.2) is 0 Å². The van der Waals surface area contributed by atoms with Crippen molar-refractivity contribution >= 4 is 0 Å². The number of nitrogens with one attached hydrogen (secondary N) is 1. The minimum absolute atomic E-state index is 0.723. The van der Waals surface area contributed by atoms with Gasteiger partial charge in [0.1, 0.15) is 0 Å². The average Bonchev–Trinajstić information content (AvgIpc) is 3.33. The van der Waals surface area contributed by atoms with Crippen molar-refractivity contribution in [2.75, 3.05) is 13.7 Å². The van der Waals surface area contributed by atoms with E-state index >= 15 is 0 Å². The zero-order chi connectivity index (χ0) is 14.9. The van der Waals surface area contributed by atoms with E-state index in [-0.39, 0.29) is 0 Å². The van der Waals surface area contributed by atoms with Gasteiger partial charge in [-0.3, -0.25) is 0 Å². The molecule has 0 unspecified atom stereocenters. The molecule has 1 N–H and O–H groups in total. The highest BCUT2D eigenvalue weighted by Gasteiger charge is 2.20. The Morgan fingerprint density at radius 1 is 1.24 bits per heavy atom. The molecule has 1 fully saturated rings. The second kappa shape index (κ2) is 8.73. The lowest BCUT2D eigenvalue weighted by molar-refractivity contribution is 0.285.